The SMILES string of the molecule is CC(C)(C)c1ccc(CC=C2N=C(C(Br)(Br)Br)N=C(C(Br)(Br)Br)N2)o1. The van der Waals surface area contributed by atoms with Gasteiger partial charge in [-0.2, -0.15) is 0 Å². The Bertz CT molecular complexity index is 732. The van der Waals surface area contributed by atoms with Gasteiger partial charge in [-0.1, -0.05) is 116 Å². The maximum Gasteiger partial charge on any atom is 0.194 e. The minimum absolute atomic E-state index is 0.0113. The fraction of sp³-hybridized carbons (Fsp3) is 0.467. The average Bonchev–Trinajstić information content (AvgIpc) is 2.92. The molecule has 1 aromatic rings. The van der Waals surface area contributed by atoms with Crippen molar-refractivity contribution in [3.8, 4) is 0 Å². The molecule has 10 heteroatoms. The highest BCUT2D eigenvalue weighted by atomic mass is 80.0. The van der Waals surface area contributed by atoms with Gasteiger partial charge in [-0.15, -0.1) is 0 Å². The summed E-state index contributed by atoms with van der Waals surface area (Å²) in [5.74, 6) is 3.64. The van der Waals surface area contributed by atoms with Gasteiger partial charge in [-0.3, -0.25) is 0 Å². The Hall–Kier alpha value is 1.04. The Morgan fingerprint density at radius 2 is 1.64 bits per heavy atom. The molecule has 2 rings (SSSR count). The summed E-state index contributed by atoms with van der Waals surface area (Å²) in [4.78, 5) is 9.00. The van der Waals surface area contributed by atoms with Crippen molar-refractivity contribution < 1.29 is 4.42 Å². The van der Waals surface area contributed by atoms with E-state index in [0.29, 0.717) is 23.9 Å². The Balaban J connectivity index is 2.26. The van der Waals surface area contributed by atoms with Crippen LogP contribution < -0.4 is 5.32 Å². The molecule has 0 fully saturated rings. The predicted molar refractivity (Wildman–Crippen MR) is 126 cm³/mol. The third-order valence-corrected chi connectivity index (χ3v) is 5.30. The van der Waals surface area contributed by atoms with Gasteiger partial charge in [0.15, 0.2) is 10.1 Å². The summed E-state index contributed by atoms with van der Waals surface area (Å²) < 4.78 is 4.52. The molecule has 0 bridgehead atoms. The van der Waals surface area contributed by atoms with E-state index in [1.54, 1.807) is 0 Å². The van der Waals surface area contributed by atoms with Gasteiger partial charge < -0.3 is 9.73 Å². The van der Waals surface area contributed by atoms with E-state index in [-0.39, 0.29) is 5.41 Å². The standard InChI is InChI=1S/C15H15Br6N3O/c1-13(2,3)9-6-4-8(25-9)5-7-10-22-11(14(16,17)18)24-12(23-10)15(19,20)21/h4,6-7H,5H2,1-3H3,(H,22,23,24). The van der Waals surface area contributed by atoms with Crippen molar-refractivity contribution >= 4 is 107 Å². The molecule has 0 unspecified atom stereocenters. The molecular weight excluding hydrogens is 718 g/mol. The molecule has 1 aromatic heterocycles. The highest BCUT2D eigenvalue weighted by Crippen LogP contribution is 2.40. The number of allylic oxidation sites excluding steroid dienone is 1. The lowest BCUT2D eigenvalue weighted by molar-refractivity contribution is 0.391. The number of amidine groups is 2. The number of hydrogen-bond acceptors (Lipinski definition) is 4. The van der Waals surface area contributed by atoms with Gasteiger partial charge in [0.2, 0.25) is 0 Å². The van der Waals surface area contributed by atoms with E-state index >= 15 is 0 Å². The molecule has 0 spiro atoms. The second-order valence-electron chi connectivity index (χ2n) is 6.33. The van der Waals surface area contributed by atoms with Crippen molar-refractivity contribution in [3.63, 3.8) is 0 Å². The monoisotopic (exact) mass is 727 g/mol. The predicted octanol–water partition coefficient (Wildman–Crippen LogP) is 7.04. The lowest BCUT2D eigenvalue weighted by atomic mass is 9.94. The highest BCUT2D eigenvalue weighted by molar-refractivity contribution is 9.40. The number of rotatable bonds is 2. The zero-order valence-corrected chi connectivity index (χ0v) is 23.0. The zero-order chi connectivity index (χ0) is 19.0. The van der Waals surface area contributed by atoms with Gasteiger partial charge >= 0.3 is 0 Å². The number of furan rings is 1. The Kier molecular flexibility index (Phi) is 7.31. The van der Waals surface area contributed by atoms with Crippen LogP contribution in [-0.2, 0) is 11.8 Å². The van der Waals surface area contributed by atoms with Crippen molar-refractivity contribution in [2.75, 3.05) is 0 Å². The third kappa shape index (κ3) is 6.55. The van der Waals surface area contributed by atoms with Crippen LogP contribution in [0.5, 0.6) is 0 Å². The van der Waals surface area contributed by atoms with Crippen molar-refractivity contribution in [3.05, 3.63) is 35.6 Å². The fourth-order valence-electron chi connectivity index (χ4n) is 1.87. The topological polar surface area (TPSA) is 49.9 Å². The van der Waals surface area contributed by atoms with Crippen LogP contribution in [0.2, 0.25) is 0 Å². The Morgan fingerprint density at radius 3 is 2.12 bits per heavy atom. The molecule has 0 radical (unpaired) electrons. The molecule has 0 amide bonds. The summed E-state index contributed by atoms with van der Waals surface area (Å²) in [5.41, 5.74) is -0.0113. The lowest BCUT2D eigenvalue weighted by Gasteiger charge is -2.24. The Labute approximate surface area is 197 Å². The van der Waals surface area contributed by atoms with Crippen LogP contribution in [-0.4, -0.2) is 16.0 Å². The Morgan fingerprint density at radius 1 is 1.00 bits per heavy atom. The molecule has 0 saturated heterocycles. The van der Waals surface area contributed by atoms with E-state index in [2.05, 4.69) is 132 Å². The molecule has 0 saturated carbocycles. The second kappa shape index (κ2) is 8.19. The summed E-state index contributed by atoms with van der Waals surface area (Å²) >= 11 is 20.8. The van der Waals surface area contributed by atoms with E-state index in [9.17, 15) is 0 Å². The molecule has 1 aliphatic rings. The molecular formula is C15H15Br6N3O. The van der Waals surface area contributed by atoms with Gasteiger partial charge in [-0.25, -0.2) is 9.98 Å². The first-order chi connectivity index (χ1) is 11.3. The van der Waals surface area contributed by atoms with Crippen LogP contribution in [0.25, 0.3) is 0 Å². The number of alkyl halides is 6. The van der Waals surface area contributed by atoms with Crippen molar-refractivity contribution in [2.45, 2.75) is 36.9 Å². The molecule has 2 heterocycles. The molecule has 1 aliphatic heterocycles. The van der Waals surface area contributed by atoms with Crippen molar-refractivity contribution in [1.29, 1.82) is 0 Å². The van der Waals surface area contributed by atoms with Gasteiger partial charge in [0, 0.05) is 11.8 Å². The van der Waals surface area contributed by atoms with Crippen LogP contribution in [0.4, 0.5) is 0 Å². The number of hydrogen-bond donors (Lipinski definition) is 1. The summed E-state index contributed by atoms with van der Waals surface area (Å²) in [6, 6.07) is 4.01. The molecule has 0 atom stereocenters. The minimum Gasteiger partial charge on any atom is -0.465 e. The maximum absolute atomic E-state index is 5.92. The fourth-order valence-corrected chi connectivity index (χ4v) is 2.96. The smallest absolute Gasteiger partial charge is 0.194 e. The molecule has 4 nitrogen and oxygen atoms in total. The molecule has 0 aromatic carbocycles. The number of aliphatic imine (C=N–C) groups is 2. The second-order valence-corrected chi connectivity index (χ2v) is 19.8. The van der Waals surface area contributed by atoms with Crippen LogP contribution in [0.15, 0.2) is 38.4 Å². The zero-order valence-electron chi connectivity index (χ0n) is 13.5. The summed E-state index contributed by atoms with van der Waals surface area (Å²) in [6.07, 6.45) is 2.57. The van der Waals surface area contributed by atoms with E-state index in [1.165, 1.54) is 0 Å². The van der Waals surface area contributed by atoms with Crippen LogP contribution >= 0.6 is 95.6 Å². The largest absolute Gasteiger partial charge is 0.465 e. The van der Waals surface area contributed by atoms with E-state index in [0.717, 1.165) is 11.5 Å². The number of nitrogens with zero attached hydrogens (tertiary/aromatic N) is 2. The number of nitrogens with one attached hydrogen (secondary N) is 1. The lowest BCUT2D eigenvalue weighted by Crippen LogP contribution is -2.38. The summed E-state index contributed by atoms with van der Waals surface area (Å²) in [6.45, 7) is 6.37. The van der Waals surface area contributed by atoms with Gasteiger partial charge in [-0.05, 0) is 18.2 Å². The summed E-state index contributed by atoms with van der Waals surface area (Å²) in [7, 11) is 0. The third-order valence-electron chi connectivity index (χ3n) is 3.11. The summed E-state index contributed by atoms with van der Waals surface area (Å²) in [5, 5.41) is 3.18. The average molecular weight is 733 g/mol. The van der Waals surface area contributed by atoms with Crippen LogP contribution in [0.3, 0.4) is 0 Å². The first kappa shape index (κ1) is 22.3. The van der Waals surface area contributed by atoms with Crippen LogP contribution in [0, 0.1) is 0 Å². The number of halogens is 6. The van der Waals surface area contributed by atoms with Crippen molar-refractivity contribution in [2.24, 2.45) is 9.98 Å². The quantitative estimate of drug-likeness (QED) is 0.332. The van der Waals surface area contributed by atoms with E-state index in [4.69, 9.17) is 4.42 Å². The molecule has 1 N–H and O–H groups in total. The maximum atomic E-state index is 5.92. The van der Waals surface area contributed by atoms with Gasteiger partial charge in [0.05, 0.1) is 0 Å². The normalized spacial score (nSPS) is 18.0. The molecule has 25 heavy (non-hydrogen) atoms. The minimum atomic E-state index is -0.720. The first-order valence-electron chi connectivity index (χ1n) is 7.15. The van der Waals surface area contributed by atoms with Gasteiger partial charge in [0.1, 0.15) is 23.2 Å². The first-order valence-corrected chi connectivity index (χ1v) is 11.9. The van der Waals surface area contributed by atoms with E-state index in [1.807, 2.05) is 18.2 Å². The molecule has 138 valence electrons. The van der Waals surface area contributed by atoms with Gasteiger partial charge in [0.25, 0.3) is 0 Å². The van der Waals surface area contributed by atoms with E-state index < -0.39 is 4.29 Å². The van der Waals surface area contributed by atoms with Crippen molar-refractivity contribution in [1.82, 2.24) is 5.32 Å². The highest BCUT2D eigenvalue weighted by Gasteiger charge is 2.35. The van der Waals surface area contributed by atoms with Crippen LogP contribution in [0.1, 0.15) is 32.3 Å². The molecule has 0 aliphatic carbocycles.